The zero-order chi connectivity index (χ0) is 29.0. The van der Waals surface area contributed by atoms with Gasteiger partial charge in [-0.05, 0) is 48.1 Å². The third-order valence-electron chi connectivity index (χ3n) is 7.89. The molecule has 210 valence electrons. The quantitative estimate of drug-likeness (QED) is 0.320. The average Bonchev–Trinajstić information content (AvgIpc) is 3.12. The standard InChI is InChI=1S/C28H33Cl2N3O6/c1-27(2)19(11-12-28(27,3)26(38)32-14-23(31)34)24(35)33-22(25(36)37)13-16-7-9-17(10-8-16)39-15-18-20(29)5-4-6-21(18)30/h4-10,19,22H,11-15H2,1-3H3,(H2,31,34)(H,32,38)(H,33,35)(H,36,37)/t19?,22-,28?/m0/s1. The van der Waals surface area contributed by atoms with Crippen LogP contribution in [0.25, 0.3) is 0 Å². The molecule has 2 aromatic rings. The van der Waals surface area contributed by atoms with Crippen LogP contribution in [0.1, 0.15) is 44.7 Å². The number of aliphatic carboxylic acids is 1. The Balaban J connectivity index is 1.63. The molecule has 9 nitrogen and oxygen atoms in total. The number of ether oxygens (including phenoxy) is 1. The number of nitrogens with one attached hydrogen (secondary N) is 2. The number of halogens is 2. The minimum atomic E-state index is -1.17. The fourth-order valence-electron chi connectivity index (χ4n) is 4.98. The molecule has 0 aromatic heterocycles. The summed E-state index contributed by atoms with van der Waals surface area (Å²) in [5.41, 5.74) is 4.75. The van der Waals surface area contributed by atoms with Crippen molar-refractivity contribution < 1.29 is 29.0 Å². The first-order valence-electron chi connectivity index (χ1n) is 12.5. The van der Waals surface area contributed by atoms with E-state index in [9.17, 15) is 24.3 Å². The van der Waals surface area contributed by atoms with Gasteiger partial charge in [0.2, 0.25) is 17.7 Å². The average molecular weight is 578 g/mol. The summed E-state index contributed by atoms with van der Waals surface area (Å²) in [7, 11) is 0. The van der Waals surface area contributed by atoms with E-state index in [2.05, 4.69) is 10.6 Å². The number of carboxylic acid groups (broad SMARTS) is 1. The van der Waals surface area contributed by atoms with Crippen LogP contribution in [0.3, 0.4) is 0 Å². The van der Waals surface area contributed by atoms with Gasteiger partial charge in [0.05, 0.1) is 12.0 Å². The predicted octanol–water partition coefficient (Wildman–Crippen LogP) is 3.73. The van der Waals surface area contributed by atoms with Crippen LogP contribution in [0.15, 0.2) is 42.5 Å². The zero-order valence-electron chi connectivity index (χ0n) is 22.1. The number of hydrogen-bond donors (Lipinski definition) is 4. The predicted molar refractivity (Wildman–Crippen MR) is 147 cm³/mol. The summed E-state index contributed by atoms with van der Waals surface area (Å²) in [4.78, 5) is 49.2. The number of carbonyl (C=O) groups is 4. The van der Waals surface area contributed by atoms with E-state index in [1.165, 1.54) is 0 Å². The Morgan fingerprint density at radius 3 is 2.26 bits per heavy atom. The van der Waals surface area contributed by atoms with Crippen molar-refractivity contribution in [2.75, 3.05) is 6.54 Å². The molecule has 1 fully saturated rings. The molecule has 0 spiro atoms. The fourth-order valence-corrected chi connectivity index (χ4v) is 5.49. The van der Waals surface area contributed by atoms with Crippen LogP contribution in [-0.4, -0.2) is 41.4 Å². The number of rotatable bonds is 11. The minimum Gasteiger partial charge on any atom is -0.489 e. The molecular formula is C28H33Cl2N3O6. The van der Waals surface area contributed by atoms with E-state index in [0.717, 1.165) is 0 Å². The van der Waals surface area contributed by atoms with Crippen molar-refractivity contribution in [1.82, 2.24) is 10.6 Å². The van der Waals surface area contributed by atoms with Gasteiger partial charge in [-0.3, -0.25) is 14.4 Å². The number of amides is 3. The summed E-state index contributed by atoms with van der Waals surface area (Å²) in [5.74, 6) is -2.69. The van der Waals surface area contributed by atoms with Crippen LogP contribution in [0.4, 0.5) is 0 Å². The smallest absolute Gasteiger partial charge is 0.326 e. The molecular weight excluding hydrogens is 545 g/mol. The van der Waals surface area contributed by atoms with Crippen molar-refractivity contribution in [1.29, 1.82) is 0 Å². The topological polar surface area (TPSA) is 148 Å². The van der Waals surface area contributed by atoms with Crippen molar-refractivity contribution in [2.24, 2.45) is 22.5 Å². The number of carbonyl (C=O) groups excluding carboxylic acids is 3. The molecule has 1 aliphatic rings. The van der Waals surface area contributed by atoms with Gasteiger partial charge in [-0.2, -0.15) is 0 Å². The summed E-state index contributed by atoms with van der Waals surface area (Å²) < 4.78 is 5.77. The van der Waals surface area contributed by atoms with E-state index in [1.807, 2.05) is 0 Å². The summed E-state index contributed by atoms with van der Waals surface area (Å²) in [6, 6.07) is 10.9. The molecule has 3 amide bonds. The highest BCUT2D eigenvalue weighted by Crippen LogP contribution is 2.56. The highest BCUT2D eigenvalue weighted by Gasteiger charge is 2.58. The van der Waals surface area contributed by atoms with Gasteiger partial charge < -0.3 is 26.2 Å². The third-order valence-corrected chi connectivity index (χ3v) is 8.60. The molecule has 0 heterocycles. The highest BCUT2D eigenvalue weighted by molar-refractivity contribution is 6.35. The lowest BCUT2D eigenvalue weighted by Crippen LogP contribution is -2.52. The van der Waals surface area contributed by atoms with Crippen molar-refractivity contribution in [3.8, 4) is 5.75 Å². The fraction of sp³-hybridized carbons (Fsp3) is 0.429. The van der Waals surface area contributed by atoms with Crippen molar-refractivity contribution in [3.63, 3.8) is 0 Å². The number of primary amides is 1. The van der Waals surface area contributed by atoms with E-state index in [-0.39, 0.29) is 25.5 Å². The largest absolute Gasteiger partial charge is 0.489 e. The van der Waals surface area contributed by atoms with E-state index >= 15 is 0 Å². The molecule has 1 aliphatic carbocycles. The Bertz CT molecular complexity index is 1230. The normalized spacial score (nSPS) is 20.6. The lowest BCUT2D eigenvalue weighted by molar-refractivity contribution is -0.145. The number of carboxylic acids is 1. The maximum atomic E-state index is 13.2. The van der Waals surface area contributed by atoms with Crippen LogP contribution in [0.5, 0.6) is 5.75 Å². The maximum absolute atomic E-state index is 13.2. The second-order valence-corrected chi connectivity index (χ2v) is 11.3. The molecule has 11 heteroatoms. The minimum absolute atomic E-state index is 0.0568. The van der Waals surface area contributed by atoms with Crippen molar-refractivity contribution in [3.05, 3.63) is 63.6 Å². The van der Waals surface area contributed by atoms with Gasteiger partial charge in [0.25, 0.3) is 0 Å². The van der Waals surface area contributed by atoms with Gasteiger partial charge in [0.15, 0.2) is 0 Å². The molecule has 0 saturated heterocycles. The SMILES string of the molecule is CC1(C(=O)NCC(N)=O)CCC(C(=O)N[C@@H](Cc2ccc(OCc3c(Cl)cccc3Cl)cc2)C(=O)O)C1(C)C. The lowest BCUT2D eigenvalue weighted by Gasteiger charge is -2.40. The van der Waals surface area contributed by atoms with Crippen molar-refractivity contribution in [2.45, 2.75) is 52.7 Å². The molecule has 2 aromatic carbocycles. The molecule has 5 N–H and O–H groups in total. The molecule has 0 bridgehead atoms. The number of hydrogen-bond acceptors (Lipinski definition) is 5. The van der Waals surface area contributed by atoms with E-state index in [0.29, 0.717) is 39.8 Å². The Labute approximate surface area is 237 Å². The molecule has 2 unspecified atom stereocenters. The second kappa shape index (κ2) is 12.3. The molecule has 0 aliphatic heterocycles. The molecule has 3 rings (SSSR count). The third kappa shape index (κ3) is 6.83. The van der Waals surface area contributed by atoms with Crippen LogP contribution in [0.2, 0.25) is 10.0 Å². The molecule has 3 atom stereocenters. The lowest BCUT2D eigenvalue weighted by atomic mass is 9.65. The van der Waals surface area contributed by atoms with Gasteiger partial charge in [0, 0.05) is 27.9 Å². The number of nitrogens with two attached hydrogens (primary N) is 1. The van der Waals surface area contributed by atoms with Crippen molar-refractivity contribution >= 4 is 46.9 Å². The summed E-state index contributed by atoms with van der Waals surface area (Å²) in [6.45, 7) is 5.23. The first-order valence-corrected chi connectivity index (χ1v) is 13.3. The van der Waals surface area contributed by atoms with Crippen LogP contribution < -0.4 is 21.1 Å². The van der Waals surface area contributed by atoms with E-state index in [1.54, 1.807) is 63.2 Å². The van der Waals surface area contributed by atoms with Gasteiger partial charge in [-0.15, -0.1) is 0 Å². The van der Waals surface area contributed by atoms with E-state index in [4.69, 9.17) is 33.7 Å². The summed E-state index contributed by atoms with van der Waals surface area (Å²) >= 11 is 12.4. The first-order chi connectivity index (χ1) is 18.3. The number of benzene rings is 2. The molecule has 39 heavy (non-hydrogen) atoms. The van der Waals surface area contributed by atoms with Crippen LogP contribution in [-0.2, 0) is 32.2 Å². The monoisotopic (exact) mass is 577 g/mol. The summed E-state index contributed by atoms with van der Waals surface area (Å²) in [5, 5.41) is 16.0. The second-order valence-electron chi connectivity index (χ2n) is 10.5. The van der Waals surface area contributed by atoms with Gasteiger partial charge in [0.1, 0.15) is 18.4 Å². The van der Waals surface area contributed by atoms with Crippen LogP contribution >= 0.6 is 23.2 Å². The first kappa shape index (κ1) is 30.2. The molecule has 0 radical (unpaired) electrons. The summed E-state index contributed by atoms with van der Waals surface area (Å²) in [6.07, 6.45) is 0.857. The van der Waals surface area contributed by atoms with Gasteiger partial charge >= 0.3 is 5.97 Å². The van der Waals surface area contributed by atoms with Crippen LogP contribution in [0, 0.1) is 16.7 Å². The Hall–Kier alpha value is -3.30. The van der Waals surface area contributed by atoms with E-state index < -0.39 is 40.6 Å². The van der Waals surface area contributed by atoms with Gasteiger partial charge in [-0.1, -0.05) is 62.2 Å². The Morgan fingerprint density at radius 2 is 1.69 bits per heavy atom. The van der Waals surface area contributed by atoms with Gasteiger partial charge in [-0.25, -0.2) is 4.79 Å². The molecule has 1 saturated carbocycles. The zero-order valence-corrected chi connectivity index (χ0v) is 23.6. The maximum Gasteiger partial charge on any atom is 0.326 e. The Kier molecular flexibility index (Phi) is 9.51. The highest BCUT2D eigenvalue weighted by atomic mass is 35.5. The Morgan fingerprint density at radius 1 is 1.08 bits per heavy atom.